The van der Waals surface area contributed by atoms with E-state index in [1.54, 1.807) is 0 Å². The Hall–Kier alpha value is -0.180. The largest absolute Gasteiger partial charge is 0.426 e. The molecule has 1 aliphatic carbocycles. The van der Waals surface area contributed by atoms with Gasteiger partial charge in [0.05, 0.1) is 0 Å². The Balaban J connectivity index is 2.70. The zero-order valence-corrected chi connectivity index (χ0v) is 8.50. The fraction of sp³-hybridized carbons (Fsp3) is 0.778. The minimum absolute atomic E-state index is 0.0363. The minimum atomic E-state index is -4.39. The quantitative estimate of drug-likeness (QED) is 0.617. The van der Waals surface area contributed by atoms with Gasteiger partial charge in [-0.05, 0) is 17.3 Å². The Kier molecular flexibility index (Phi) is 2.44. The van der Waals surface area contributed by atoms with Crippen LogP contribution in [0.4, 0.5) is 13.2 Å². The van der Waals surface area contributed by atoms with Crippen molar-refractivity contribution < 1.29 is 13.2 Å². The Labute approximate surface area is 80.8 Å². The predicted octanol–water partition coefficient (Wildman–Crippen LogP) is 3.96. The third-order valence-corrected chi connectivity index (χ3v) is 3.40. The molecule has 4 heteroatoms. The molecule has 1 rings (SSSR count). The average molecular weight is 213 g/mol. The van der Waals surface area contributed by atoms with E-state index in [1.807, 2.05) is 20.8 Å². The maximum Gasteiger partial charge on any atom is 0.426 e. The first-order valence-electron chi connectivity index (χ1n) is 4.12. The number of alkyl halides is 3. The van der Waals surface area contributed by atoms with Gasteiger partial charge in [0.25, 0.3) is 0 Å². The molecule has 0 N–H and O–H groups in total. The molecule has 0 heterocycles. The van der Waals surface area contributed by atoms with Gasteiger partial charge in [0.2, 0.25) is 0 Å². The monoisotopic (exact) mass is 212 g/mol. The highest BCUT2D eigenvalue weighted by Gasteiger charge is 2.54. The highest BCUT2D eigenvalue weighted by Crippen LogP contribution is 2.59. The fourth-order valence-electron chi connectivity index (χ4n) is 1.55. The van der Waals surface area contributed by atoms with Crippen LogP contribution in [-0.4, -0.2) is 6.18 Å². The summed E-state index contributed by atoms with van der Waals surface area (Å²) in [5, 5.41) is -0.991. The first-order valence-corrected chi connectivity index (χ1v) is 4.49. The molecule has 2 atom stereocenters. The summed E-state index contributed by atoms with van der Waals surface area (Å²) >= 11 is 5.12. The lowest BCUT2D eigenvalue weighted by molar-refractivity contribution is -0.0848. The average Bonchev–Trinajstić information content (AvgIpc) is 2.36. The smallest absolute Gasteiger partial charge is 0.165 e. The molecular weight excluding hydrogens is 201 g/mol. The normalized spacial score (nSPS) is 33.3. The molecule has 1 saturated carbocycles. The Bertz CT molecular complexity index is 240. The molecule has 0 aromatic rings. The van der Waals surface area contributed by atoms with E-state index in [1.165, 1.54) is 0 Å². The van der Waals surface area contributed by atoms with E-state index in [9.17, 15) is 13.2 Å². The summed E-state index contributed by atoms with van der Waals surface area (Å²) in [6.45, 7) is 5.82. The molecule has 76 valence electrons. The molecule has 0 bridgehead atoms. The SMILES string of the molecule is C[C@@H]1[C@H](C=C(Cl)C(F)(F)F)C1(C)C. The first kappa shape index (κ1) is 10.9. The lowest BCUT2D eigenvalue weighted by Gasteiger charge is -2.04. The second kappa shape index (κ2) is 2.91. The van der Waals surface area contributed by atoms with Crippen LogP contribution in [0, 0.1) is 17.3 Å². The van der Waals surface area contributed by atoms with Crippen molar-refractivity contribution in [1.29, 1.82) is 0 Å². The van der Waals surface area contributed by atoms with Crippen molar-refractivity contribution in [2.24, 2.45) is 17.3 Å². The molecular formula is C9H12ClF3. The van der Waals surface area contributed by atoms with Gasteiger partial charge in [-0.25, -0.2) is 0 Å². The molecule has 0 aliphatic heterocycles. The number of hydrogen-bond acceptors (Lipinski definition) is 0. The van der Waals surface area contributed by atoms with E-state index in [4.69, 9.17) is 11.6 Å². The summed E-state index contributed by atoms with van der Waals surface area (Å²) in [4.78, 5) is 0. The zero-order chi connectivity index (χ0) is 10.4. The Morgan fingerprint density at radius 3 is 2.00 bits per heavy atom. The second-order valence-corrected chi connectivity index (χ2v) is 4.56. The van der Waals surface area contributed by atoms with Crippen LogP contribution < -0.4 is 0 Å². The Morgan fingerprint density at radius 2 is 1.77 bits per heavy atom. The van der Waals surface area contributed by atoms with Crippen LogP contribution in [0.15, 0.2) is 11.1 Å². The van der Waals surface area contributed by atoms with Crippen molar-refractivity contribution in [3.8, 4) is 0 Å². The molecule has 0 amide bonds. The molecule has 0 nitrogen and oxygen atoms in total. The molecule has 0 radical (unpaired) electrons. The zero-order valence-electron chi connectivity index (χ0n) is 7.74. The lowest BCUT2D eigenvalue weighted by Crippen LogP contribution is -2.07. The highest BCUT2D eigenvalue weighted by molar-refractivity contribution is 6.30. The van der Waals surface area contributed by atoms with Crippen molar-refractivity contribution in [2.75, 3.05) is 0 Å². The molecule has 0 spiro atoms. The van der Waals surface area contributed by atoms with Gasteiger partial charge < -0.3 is 0 Å². The summed E-state index contributed by atoms with van der Waals surface area (Å²) in [6, 6.07) is 0. The standard InChI is InChI=1S/C9H12ClF3/c1-5-6(8(5,2)3)4-7(10)9(11,12)13/h4-6H,1-3H3/t5-,6+/m1/s1. The van der Waals surface area contributed by atoms with E-state index in [0.717, 1.165) is 6.08 Å². The first-order chi connectivity index (χ1) is 5.67. The summed E-state index contributed by atoms with van der Waals surface area (Å²) in [6.07, 6.45) is -3.26. The molecule has 0 aromatic carbocycles. The van der Waals surface area contributed by atoms with Crippen LogP contribution in [0.3, 0.4) is 0 Å². The van der Waals surface area contributed by atoms with Gasteiger partial charge >= 0.3 is 6.18 Å². The van der Waals surface area contributed by atoms with E-state index < -0.39 is 11.2 Å². The van der Waals surface area contributed by atoms with Crippen molar-refractivity contribution in [1.82, 2.24) is 0 Å². The molecule has 0 unspecified atom stereocenters. The van der Waals surface area contributed by atoms with Crippen molar-refractivity contribution in [2.45, 2.75) is 26.9 Å². The fourth-order valence-corrected chi connectivity index (χ4v) is 1.69. The van der Waals surface area contributed by atoms with Crippen LogP contribution >= 0.6 is 11.6 Å². The maximum atomic E-state index is 12.0. The Morgan fingerprint density at radius 1 is 1.38 bits per heavy atom. The van der Waals surface area contributed by atoms with Crippen molar-refractivity contribution >= 4 is 11.6 Å². The molecule has 0 aromatic heterocycles. The number of allylic oxidation sites excluding steroid dienone is 2. The second-order valence-electron chi connectivity index (χ2n) is 4.15. The van der Waals surface area contributed by atoms with Crippen molar-refractivity contribution in [3.05, 3.63) is 11.1 Å². The number of rotatable bonds is 1. The molecule has 13 heavy (non-hydrogen) atoms. The number of halogens is 4. The van der Waals surface area contributed by atoms with E-state index >= 15 is 0 Å². The third-order valence-electron chi connectivity index (χ3n) is 3.06. The predicted molar refractivity (Wildman–Crippen MR) is 46.4 cm³/mol. The van der Waals surface area contributed by atoms with Gasteiger partial charge in [-0.3, -0.25) is 0 Å². The van der Waals surface area contributed by atoms with Gasteiger partial charge in [-0.15, -0.1) is 0 Å². The number of hydrogen-bond donors (Lipinski definition) is 0. The van der Waals surface area contributed by atoms with Crippen LogP contribution in [-0.2, 0) is 0 Å². The van der Waals surface area contributed by atoms with Crippen molar-refractivity contribution in [3.63, 3.8) is 0 Å². The van der Waals surface area contributed by atoms with Crippen LogP contribution in [0.2, 0.25) is 0 Å². The van der Waals surface area contributed by atoms with E-state index in [-0.39, 0.29) is 17.3 Å². The molecule has 1 aliphatic rings. The van der Waals surface area contributed by atoms with Gasteiger partial charge in [0.1, 0.15) is 5.03 Å². The van der Waals surface area contributed by atoms with Crippen LogP contribution in [0.25, 0.3) is 0 Å². The summed E-state index contributed by atoms with van der Waals surface area (Å²) in [7, 11) is 0. The van der Waals surface area contributed by atoms with Gasteiger partial charge in [0, 0.05) is 0 Å². The van der Waals surface area contributed by atoms with Crippen LogP contribution in [0.5, 0.6) is 0 Å². The van der Waals surface area contributed by atoms with Gasteiger partial charge in [-0.2, -0.15) is 13.2 Å². The third kappa shape index (κ3) is 2.01. The van der Waals surface area contributed by atoms with E-state index in [0.29, 0.717) is 0 Å². The summed E-state index contributed by atoms with van der Waals surface area (Å²) < 4.78 is 36.0. The van der Waals surface area contributed by atoms with E-state index in [2.05, 4.69) is 0 Å². The minimum Gasteiger partial charge on any atom is -0.165 e. The summed E-state index contributed by atoms with van der Waals surface area (Å²) in [5.41, 5.74) is -0.0363. The van der Waals surface area contributed by atoms with Gasteiger partial charge in [0.15, 0.2) is 0 Å². The topological polar surface area (TPSA) is 0 Å². The molecule has 1 fully saturated rings. The maximum absolute atomic E-state index is 12.0. The molecule has 0 saturated heterocycles. The lowest BCUT2D eigenvalue weighted by atomic mass is 10.1. The highest BCUT2D eigenvalue weighted by atomic mass is 35.5. The van der Waals surface area contributed by atoms with Crippen LogP contribution in [0.1, 0.15) is 20.8 Å². The van der Waals surface area contributed by atoms with Gasteiger partial charge in [-0.1, -0.05) is 38.4 Å². The summed E-state index contributed by atoms with van der Waals surface area (Å²) in [5.74, 6) is 0.241.